The first-order valence-electron chi connectivity index (χ1n) is 11.2. The minimum atomic E-state index is -1.69. The largest absolute Gasteiger partial charge is 0.505 e. The zero-order chi connectivity index (χ0) is 24.4. The summed E-state index contributed by atoms with van der Waals surface area (Å²) in [7, 11) is 0. The number of hydrogen-bond donors (Lipinski definition) is 2. The first-order valence-corrected chi connectivity index (χ1v) is 11.2. The molecule has 2 saturated heterocycles. The van der Waals surface area contributed by atoms with Crippen LogP contribution in [0.25, 0.3) is 0 Å². The molecule has 34 heavy (non-hydrogen) atoms. The lowest BCUT2D eigenvalue weighted by Crippen LogP contribution is -2.53. The highest BCUT2D eigenvalue weighted by Gasteiger charge is 2.66. The van der Waals surface area contributed by atoms with Gasteiger partial charge in [-0.3, -0.25) is 19.7 Å². The molecule has 1 aliphatic carbocycles. The standard InChI is InChI=1S/C24H23FN2O7/c1-2-13-9-16-21(23(30)26(22(16)29)14-4-3-5-15(10-14)27(32)33)17-11-20(34-24(13,17)31)12-6-7-19(28)18(25)8-12/h3-8,10,13,16-17,20-21,28,31H,2,9,11H2,1H3/t13-,16-,17-,20-,21-,24+/m0/s1. The summed E-state index contributed by atoms with van der Waals surface area (Å²) in [6.07, 6.45) is 0.166. The Morgan fingerprint density at radius 2 is 1.97 bits per heavy atom. The van der Waals surface area contributed by atoms with E-state index in [0.29, 0.717) is 12.0 Å². The van der Waals surface area contributed by atoms with Gasteiger partial charge < -0.3 is 14.9 Å². The monoisotopic (exact) mass is 470 g/mol. The molecule has 2 aromatic rings. The van der Waals surface area contributed by atoms with Gasteiger partial charge in [0.15, 0.2) is 17.4 Å². The predicted molar refractivity (Wildman–Crippen MR) is 116 cm³/mol. The van der Waals surface area contributed by atoms with E-state index in [0.717, 1.165) is 11.0 Å². The fourth-order valence-corrected chi connectivity index (χ4v) is 5.88. The number of aliphatic hydroxyl groups is 1. The highest BCUT2D eigenvalue weighted by atomic mass is 19.1. The number of fused-ring (bicyclic) bond motifs is 3. The lowest BCUT2D eigenvalue weighted by molar-refractivity contribution is -0.384. The average Bonchev–Trinajstić information content (AvgIpc) is 3.29. The van der Waals surface area contributed by atoms with Crippen LogP contribution in [0.15, 0.2) is 42.5 Å². The summed E-state index contributed by atoms with van der Waals surface area (Å²) in [6, 6.07) is 9.18. The Bertz CT molecular complexity index is 1200. The van der Waals surface area contributed by atoms with Crippen molar-refractivity contribution < 1.29 is 33.9 Å². The van der Waals surface area contributed by atoms with Gasteiger partial charge in [0, 0.05) is 24.0 Å². The minimum absolute atomic E-state index is 0.117. The molecule has 5 rings (SSSR count). The molecule has 178 valence electrons. The number of benzene rings is 2. The number of ether oxygens (including phenoxy) is 1. The van der Waals surface area contributed by atoms with Crippen LogP contribution in [0, 0.1) is 39.6 Å². The van der Waals surface area contributed by atoms with Crippen molar-refractivity contribution in [3.8, 4) is 5.75 Å². The molecule has 2 aromatic carbocycles. The van der Waals surface area contributed by atoms with Crippen LogP contribution in [0.1, 0.15) is 37.9 Å². The minimum Gasteiger partial charge on any atom is -0.505 e. The van der Waals surface area contributed by atoms with Crippen molar-refractivity contribution in [3.63, 3.8) is 0 Å². The number of anilines is 1. The second-order valence-electron chi connectivity index (χ2n) is 9.17. The number of carbonyl (C=O) groups excluding carboxylic acids is 2. The molecule has 2 amide bonds. The highest BCUT2D eigenvalue weighted by molar-refractivity contribution is 6.22. The van der Waals surface area contributed by atoms with Crippen molar-refractivity contribution in [3.05, 3.63) is 64.0 Å². The number of carbonyl (C=O) groups is 2. The molecule has 9 nitrogen and oxygen atoms in total. The molecule has 2 N–H and O–H groups in total. The summed E-state index contributed by atoms with van der Waals surface area (Å²) in [5.41, 5.74) is 0.289. The molecule has 1 saturated carbocycles. The van der Waals surface area contributed by atoms with Crippen LogP contribution in [0.5, 0.6) is 5.75 Å². The Labute approximate surface area is 193 Å². The van der Waals surface area contributed by atoms with Crippen LogP contribution in [-0.4, -0.2) is 32.7 Å². The zero-order valence-corrected chi connectivity index (χ0v) is 18.3. The van der Waals surface area contributed by atoms with Crippen LogP contribution >= 0.6 is 0 Å². The van der Waals surface area contributed by atoms with Crippen molar-refractivity contribution >= 4 is 23.2 Å². The SMILES string of the molecule is CC[C@H]1C[C@@H]2C(=O)N(c3cccc([N+](=O)[O-])c3)C(=O)[C@@H]2[C@@H]2C[C@@H](c3ccc(O)c(F)c3)O[C@]12O. The molecule has 0 bridgehead atoms. The summed E-state index contributed by atoms with van der Waals surface area (Å²) < 4.78 is 20.0. The summed E-state index contributed by atoms with van der Waals surface area (Å²) in [5.74, 6) is -6.72. The number of non-ortho nitro benzene ring substituents is 1. The smallest absolute Gasteiger partial charge is 0.271 e. The molecule has 0 radical (unpaired) electrons. The number of imide groups is 1. The molecule has 10 heteroatoms. The molecular formula is C24H23FN2O7. The number of nitro benzene ring substituents is 1. The third-order valence-corrected chi connectivity index (χ3v) is 7.50. The van der Waals surface area contributed by atoms with Crippen LogP contribution in [-0.2, 0) is 14.3 Å². The second-order valence-corrected chi connectivity index (χ2v) is 9.17. The third kappa shape index (κ3) is 3.20. The van der Waals surface area contributed by atoms with Crippen molar-refractivity contribution in [1.29, 1.82) is 0 Å². The normalized spacial score (nSPS) is 32.6. The fourth-order valence-electron chi connectivity index (χ4n) is 5.88. The number of aromatic hydroxyl groups is 1. The van der Waals surface area contributed by atoms with E-state index >= 15 is 0 Å². The molecule has 6 atom stereocenters. The number of rotatable bonds is 4. The van der Waals surface area contributed by atoms with Crippen LogP contribution in [0.3, 0.4) is 0 Å². The van der Waals surface area contributed by atoms with Crippen molar-refractivity contribution in [2.45, 2.75) is 38.1 Å². The van der Waals surface area contributed by atoms with Crippen molar-refractivity contribution in [2.75, 3.05) is 4.90 Å². The van der Waals surface area contributed by atoms with E-state index in [1.54, 1.807) is 0 Å². The quantitative estimate of drug-likeness (QED) is 0.398. The number of halogens is 1. The van der Waals surface area contributed by atoms with Gasteiger partial charge in [0.25, 0.3) is 5.69 Å². The summed E-state index contributed by atoms with van der Waals surface area (Å²) >= 11 is 0. The molecule has 3 fully saturated rings. The Morgan fingerprint density at radius 1 is 1.21 bits per heavy atom. The van der Waals surface area contributed by atoms with Gasteiger partial charge in [0.2, 0.25) is 11.8 Å². The van der Waals surface area contributed by atoms with E-state index in [1.165, 1.54) is 36.4 Å². The zero-order valence-electron chi connectivity index (χ0n) is 18.3. The summed E-state index contributed by atoms with van der Waals surface area (Å²) in [4.78, 5) is 38.5. The molecular weight excluding hydrogens is 447 g/mol. The maximum Gasteiger partial charge on any atom is 0.271 e. The van der Waals surface area contributed by atoms with Crippen LogP contribution < -0.4 is 4.90 Å². The van der Waals surface area contributed by atoms with Gasteiger partial charge in [-0.2, -0.15) is 0 Å². The number of amides is 2. The summed E-state index contributed by atoms with van der Waals surface area (Å²) in [5, 5.41) is 32.3. The van der Waals surface area contributed by atoms with Gasteiger partial charge in [0.1, 0.15) is 0 Å². The Kier molecular flexibility index (Phi) is 5.18. The maximum atomic E-state index is 14.0. The third-order valence-electron chi connectivity index (χ3n) is 7.50. The number of phenols is 1. The maximum absolute atomic E-state index is 14.0. The van der Waals surface area contributed by atoms with Gasteiger partial charge in [-0.1, -0.05) is 19.1 Å². The van der Waals surface area contributed by atoms with E-state index in [1.807, 2.05) is 6.92 Å². The Morgan fingerprint density at radius 3 is 2.65 bits per heavy atom. The van der Waals surface area contributed by atoms with Crippen LogP contribution in [0.2, 0.25) is 0 Å². The van der Waals surface area contributed by atoms with Gasteiger partial charge in [-0.25, -0.2) is 9.29 Å². The predicted octanol–water partition coefficient (Wildman–Crippen LogP) is 3.44. The van der Waals surface area contributed by atoms with E-state index in [9.17, 15) is 34.3 Å². The first-order chi connectivity index (χ1) is 16.2. The molecule has 0 aromatic heterocycles. The first kappa shape index (κ1) is 22.4. The van der Waals surface area contributed by atoms with Gasteiger partial charge in [-0.15, -0.1) is 0 Å². The highest BCUT2D eigenvalue weighted by Crippen LogP contribution is 2.59. The Hall–Kier alpha value is -3.37. The Balaban J connectivity index is 1.52. The topological polar surface area (TPSA) is 130 Å². The number of nitrogens with zero attached hydrogens (tertiary/aromatic N) is 2. The molecule has 0 spiro atoms. The number of hydrogen-bond acceptors (Lipinski definition) is 7. The fraction of sp³-hybridized carbons (Fsp3) is 0.417. The van der Waals surface area contributed by atoms with Gasteiger partial charge >= 0.3 is 0 Å². The van der Waals surface area contributed by atoms with Crippen molar-refractivity contribution in [2.24, 2.45) is 23.7 Å². The van der Waals surface area contributed by atoms with E-state index in [2.05, 4.69) is 0 Å². The molecule has 3 aliphatic rings. The number of nitro groups is 1. The number of phenolic OH excluding ortho intramolecular Hbond substituents is 1. The lowest BCUT2D eigenvalue weighted by atomic mass is 9.64. The van der Waals surface area contributed by atoms with Gasteiger partial charge in [0.05, 0.1) is 28.6 Å². The lowest BCUT2D eigenvalue weighted by Gasteiger charge is -2.44. The van der Waals surface area contributed by atoms with E-state index < -0.39 is 63.9 Å². The summed E-state index contributed by atoms with van der Waals surface area (Å²) in [6.45, 7) is 1.86. The molecule has 0 unspecified atom stereocenters. The average molecular weight is 470 g/mol. The second kappa shape index (κ2) is 7.85. The van der Waals surface area contributed by atoms with Gasteiger partial charge in [-0.05, 0) is 43.0 Å². The van der Waals surface area contributed by atoms with Crippen LogP contribution in [0.4, 0.5) is 15.8 Å². The van der Waals surface area contributed by atoms with Crippen molar-refractivity contribution in [1.82, 2.24) is 0 Å². The van der Waals surface area contributed by atoms with E-state index in [-0.39, 0.29) is 24.2 Å². The van der Waals surface area contributed by atoms with E-state index in [4.69, 9.17) is 4.74 Å². The molecule has 2 aliphatic heterocycles. The molecule has 2 heterocycles.